The molecule has 0 radical (unpaired) electrons. The van der Waals surface area contributed by atoms with Gasteiger partial charge in [0.1, 0.15) is 0 Å². The zero-order valence-electron chi connectivity index (χ0n) is 8.28. The third-order valence-electron chi connectivity index (χ3n) is 1.90. The highest BCUT2D eigenvalue weighted by molar-refractivity contribution is 4.94. The van der Waals surface area contributed by atoms with Crippen LogP contribution in [0.2, 0.25) is 0 Å². The third kappa shape index (κ3) is 6.11. The molecular weight excluding hydrogens is 134 g/mol. The quantitative estimate of drug-likeness (QED) is 0.602. The first-order chi connectivity index (χ1) is 5.20. The zero-order chi connectivity index (χ0) is 8.69. The second-order valence-corrected chi connectivity index (χ2v) is 3.20. The van der Waals surface area contributed by atoms with E-state index >= 15 is 0 Å². The number of hydrogen-bond donors (Lipinski definition) is 1. The lowest BCUT2D eigenvalue weighted by atomic mass is 10.2. The summed E-state index contributed by atoms with van der Waals surface area (Å²) in [6, 6.07) is 0.700. The van der Waals surface area contributed by atoms with Crippen LogP contribution in [-0.4, -0.2) is 12.6 Å². The second kappa shape index (κ2) is 6.41. The normalized spacial score (nSPS) is 10.3. The van der Waals surface area contributed by atoms with Crippen LogP contribution in [0.3, 0.4) is 0 Å². The van der Waals surface area contributed by atoms with Crippen molar-refractivity contribution in [2.24, 2.45) is 0 Å². The molecule has 0 saturated carbocycles. The van der Waals surface area contributed by atoms with Crippen molar-refractivity contribution in [3.63, 3.8) is 0 Å². The Hall–Kier alpha value is -0.300. The SMILES string of the molecule is CCC(CC)NCC=C(C)C. The van der Waals surface area contributed by atoms with Crippen molar-refractivity contribution in [3.8, 4) is 0 Å². The first-order valence-corrected chi connectivity index (χ1v) is 4.57. The van der Waals surface area contributed by atoms with Gasteiger partial charge in [-0.2, -0.15) is 0 Å². The maximum absolute atomic E-state index is 3.47. The lowest BCUT2D eigenvalue weighted by molar-refractivity contribution is 0.510. The van der Waals surface area contributed by atoms with Gasteiger partial charge in [-0.25, -0.2) is 0 Å². The Labute approximate surface area is 70.9 Å². The number of rotatable bonds is 5. The van der Waals surface area contributed by atoms with E-state index < -0.39 is 0 Å². The maximum Gasteiger partial charge on any atom is 0.0139 e. The Morgan fingerprint density at radius 3 is 2.18 bits per heavy atom. The van der Waals surface area contributed by atoms with Crippen molar-refractivity contribution in [1.29, 1.82) is 0 Å². The molecular formula is C10H21N. The summed E-state index contributed by atoms with van der Waals surface area (Å²) in [7, 11) is 0. The van der Waals surface area contributed by atoms with E-state index in [2.05, 4.69) is 39.1 Å². The Balaban J connectivity index is 3.43. The highest BCUT2D eigenvalue weighted by Crippen LogP contribution is 1.95. The van der Waals surface area contributed by atoms with Gasteiger partial charge in [0.15, 0.2) is 0 Å². The molecule has 0 aliphatic heterocycles. The van der Waals surface area contributed by atoms with Gasteiger partial charge in [-0.1, -0.05) is 25.5 Å². The monoisotopic (exact) mass is 155 g/mol. The fourth-order valence-electron chi connectivity index (χ4n) is 1.01. The summed E-state index contributed by atoms with van der Waals surface area (Å²) in [5.41, 5.74) is 1.39. The van der Waals surface area contributed by atoms with E-state index in [0.717, 1.165) is 6.54 Å². The van der Waals surface area contributed by atoms with Crippen LogP contribution in [0.1, 0.15) is 40.5 Å². The van der Waals surface area contributed by atoms with Crippen LogP contribution in [0, 0.1) is 0 Å². The highest BCUT2D eigenvalue weighted by atomic mass is 14.9. The summed E-state index contributed by atoms with van der Waals surface area (Å²) < 4.78 is 0. The van der Waals surface area contributed by atoms with E-state index in [1.54, 1.807) is 0 Å². The van der Waals surface area contributed by atoms with Crippen molar-refractivity contribution in [2.45, 2.75) is 46.6 Å². The van der Waals surface area contributed by atoms with Gasteiger partial charge in [-0.15, -0.1) is 0 Å². The number of allylic oxidation sites excluding steroid dienone is 1. The molecule has 0 aromatic heterocycles. The van der Waals surface area contributed by atoms with E-state index in [1.165, 1.54) is 18.4 Å². The summed E-state index contributed by atoms with van der Waals surface area (Å²) in [5, 5.41) is 3.47. The molecule has 66 valence electrons. The van der Waals surface area contributed by atoms with Crippen LogP contribution in [-0.2, 0) is 0 Å². The third-order valence-corrected chi connectivity index (χ3v) is 1.90. The maximum atomic E-state index is 3.47. The highest BCUT2D eigenvalue weighted by Gasteiger charge is 1.98. The molecule has 1 N–H and O–H groups in total. The minimum Gasteiger partial charge on any atom is -0.311 e. The van der Waals surface area contributed by atoms with Crippen LogP contribution in [0.4, 0.5) is 0 Å². The summed E-state index contributed by atoms with van der Waals surface area (Å²) >= 11 is 0. The van der Waals surface area contributed by atoms with E-state index in [1.807, 2.05) is 0 Å². The van der Waals surface area contributed by atoms with Gasteiger partial charge < -0.3 is 5.32 Å². The largest absolute Gasteiger partial charge is 0.311 e. The number of nitrogens with one attached hydrogen (secondary N) is 1. The van der Waals surface area contributed by atoms with Gasteiger partial charge in [-0.3, -0.25) is 0 Å². The summed E-state index contributed by atoms with van der Waals surface area (Å²) in [6.45, 7) is 9.74. The molecule has 0 amide bonds. The van der Waals surface area contributed by atoms with E-state index in [9.17, 15) is 0 Å². The Morgan fingerprint density at radius 1 is 1.27 bits per heavy atom. The molecule has 0 aromatic rings. The van der Waals surface area contributed by atoms with Crippen molar-refractivity contribution < 1.29 is 0 Å². The molecule has 0 rings (SSSR count). The van der Waals surface area contributed by atoms with Crippen LogP contribution in [0.25, 0.3) is 0 Å². The molecule has 0 unspecified atom stereocenters. The van der Waals surface area contributed by atoms with Gasteiger partial charge in [0.2, 0.25) is 0 Å². The van der Waals surface area contributed by atoms with Crippen LogP contribution in [0.15, 0.2) is 11.6 Å². The smallest absolute Gasteiger partial charge is 0.0139 e. The zero-order valence-corrected chi connectivity index (χ0v) is 8.28. The summed E-state index contributed by atoms with van der Waals surface area (Å²) in [5.74, 6) is 0. The Bertz CT molecular complexity index is 108. The molecule has 1 nitrogen and oxygen atoms in total. The molecule has 0 aromatic carbocycles. The van der Waals surface area contributed by atoms with E-state index in [0.29, 0.717) is 6.04 Å². The van der Waals surface area contributed by atoms with Crippen molar-refractivity contribution in [3.05, 3.63) is 11.6 Å². The van der Waals surface area contributed by atoms with Gasteiger partial charge in [0, 0.05) is 12.6 Å². The second-order valence-electron chi connectivity index (χ2n) is 3.20. The Morgan fingerprint density at radius 2 is 1.82 bits per heavy atom. The molecule has 0 heterocycles. The van der Waals surface area contributed by atoms with Gasteiger partial charge in [0.05, 0.1) is 0 Å². The molecule has 0 aliphatic carbocycles. The topological polar surface area (TPSA) is 12.0 Å². The van der Waals surface area contributed by atoms with Crippen molar-refractivity contribution in [1.82, 2.24) is 5.32 Å². The lowest BCUT2D eigenvalue weighted by Crippen LogP contribution is -2.27. The van der Waals surface area contributed by atoms with E-state index in [4.69, 9.17) is 0 Å². The predicted octanol–water partition coefficient (Wildman–Crippen LogP) is 2.73. The molecule has 11 heavy (non-hydrogen) atoms. The lowest BCUT2D eigenvalue weighted by Gasteiger charge is -2.12. The van der Waals surface area contributed by atoms with Gasteiger partial charge in [-0.05, 0) is 26.7 Å². The van der Waals surface area contributed by atoms with Crippen LogP contribution >= 0.6 is 0 Å². The molecule has 1 heteroatoms. The minimum absolute atomic E-state index is 0.700. The first kappa shape index (κ1) is 10.7. The molecule has 0 saturated heterocycles. The summed E-state index contributed by atoms with van der Waals surface area (Å²) in [4.78, 5) is 0. The molecule has 0 atom stereocenters. The molecule has 0 aliphatic rings. The number of hydrogen-bond acceptors (Lipinski definition) is 1. The average molecular weight is 155 g/mol. The van der Waals surface area contributed by atoms with Crippen molar-refractivity contribution >= 4 is 0 Å². The Kier molecular flexibility index (Phi) is 6.24. The van der Waals surface area contributed by atoms with E-state index in [-0.39, 0.29) is 0 Å². The van der Waals surface area contributed by atoms with Crippen molar-refractivity contribution in [2.75, 3.05) is 6.54 Å². The molecule has 0 bridgehead atoms. The fraction of sp³-hybridized carbons (Fsp3) is 0.800. The van der Waals surface area contributed by atoms with Gasteiger partial charge >= 0.3 is 0 Å². The molecule has 0 spiro atoms. The minimum atomic E-state index is 0.700. The molecule has 0 fully saturated rings. The predicted molar refractivity (Wildman–Crippen MR) is 51.8 cm³/mol. The van der Waals surface area contributed by atoms with Crippen LogP contribution in [0.5, 0.6) is 0 Å². The summed E-state index contributed by atoms with van der Waals surface area (Å²) in [6.07, 6.45) is 4.69. The fourth-order valence-corrected chi connectivity index (χ4v) is 1.01. The first-order valence-electron chi connectivity index (χ1n) is 4.57. The van der Waals surface area contributed by atoms with Gasteiger partial charge in [0.25, 0.3) is 0 Å². The standard InChI is InChI=1S/C10H21N/c1-5-10(6-2)11-8-7-9(3)4/h7,10-11H,5-6,8H2,1-4H3. The average Bonchev–Trinajstić information content (AvgIpc) is 1.98. The van der Waals surface area contributed by atoms with Crippen LogP contribution < -0.4 is 5.32 Å².